The first kappa shape index (κ1) is 17.6. The van der Waals surface area contributed by atoms with Crippen LogP contribution in [0.4, 0.5) is 0 Å². The molecule has 6 heteroatoms. The fraction of sp³-hybridized carbons (Fsp3) is 0.263. The van der Waals surface area contributed by atoms with Gasteiger partial charge in [0.15, 0.2) is 12.3 Å². The highest BCUT2D eigenvalue weighted by atomic mass is 79.9. The number of benzene rings is 2. The van der Waals surface area contributed by atoms with Gasteiger partial charge in [-0.1, -0.05) is 53.2 Å². The first-order valence-electron chi connectivity index (χ1n) is 8.08. The van der Waals surface area contributed by atoms with E-state index in [1.54, 1.807) is 24.3 Å². The maximum absolute atomic E-state index is 12.7. The summed E-state index contributed by atoms with van der Waals surface area (Å²) in [6.07, 6.45) is 0.963. The molecular formula is C19H19BrN2O3. The molecule has 0 bridgehead atoms. The summed E-state index contributed by atoms with van der Waals surface area (Å²) < 4.78 is 6.42. The summed E-state index contributed by atoms with van der Waals surface area (Å²) >= 11 is 3.38. The molecule has 130 valence electrons. The molecule has 2 aromatic carbocycles. The second-order valence-electron chi connectivity index (χ2n) is 5.83. The van der Waals surface area contributed by atoms with Gasteiger partial charge < -0.3 is 9.84 Å². The van der Waals surface area contributed by atoms with Crippen molar-refractivity contribution in [1.82, 2.24) is 5.01 Å². The average molecular weight is 403 g/mol. The van der Waals surface area contributed by atoms with Crippen LogP contribution in [-0.4, -0.2) is 28.3 Å². The molecule has 0 aliphatic carbocycles. The lowest BCUT2D eigenvalue weighted by atomic mass is 9.96. The first-order valence-corrected chi connectivity index (χ1v) is 8.88. The van der Waals surface area contributed by atoms with Crippen LogP contribution in [0, 0.1) is 0 Å². The molecule has 0 unspecified atom stereocenters. The molecule has 1 amide bonds. The molecule has 0 aromatic heterocycles. The molecule has 25 heavy (non-hydrogen) atoms. The monoisotopic (exact) mass is 402 g/mol. The molecule has 0 radical (unpaired) electrons. The maximum Gasteiger partial charge on any atom is 0.283 e. The molecule has 0 fully saturated rings. The number of halogens is 1. The van der Waals surface area contributed by atoms with Gasteiger partial charge in [-0.25, -0.2) is 0 Å². The van der Waals surface area contributed by atoms with Gasteiger partial charge in [-0.2, -0.15) is 10.1 Å². The van der Waals surface area contributed by atoms with Crippen molar-refractivity contribution in [2.24, 2.45) is 5.10 Å². The average Bonchev–Trinajstić information content (AvgIpc) is 2.99. The second-order valence-corrected chi connectivity index (χ2v) is 6.74. The summed E-state index contributed by atoms with van der Waals surface area (Å²) in [6, 6.07) is 16.3. The van der Waals surface area contributed by atoms with Gasteiger partial charge in [-0.3, -0.25) is 4.79 Å². The quantitative estimate of drug-likeness (QED) is 0.829. The Bertz CT molecular complexity index is 777. The number of ether oxygens (including phenoxy) is 1. The van der Waals surface area contributed by atoms with Gasteiger partial charge in [0.05, 0.1) is 0 Å². The summed E-state index contributed by atoms with van der Waals surface area (Å²) in [6.45, 7) is 1.76. The Kier molecular flexibility index (Phi) is 5.20. The maximum atomic E-state index is 12.7. The fourth-order valence-corrected chi connectivity index (χ4v) is 3.01. The normalized spacial score (nSPS) is 19.6. The summed E-state index contributed by atoms with van der Waals surface area (Å²) in [4.78, 5) is 12.7. The molecule has 0 saturated carbocycles. The van der Waals surface area contributed by atoms with E-state index in [9.17, 15) is 9.90 Å². The minimum absolute atomic E-state index is 0.191. The zero-order valence-corrected chi connectivity index (χ0v) is 15.4. The van der Waals surface area contributed by atoms with E-state index >= 15 is 0 Å². The van der Waals surface area contributed by atoms with E-state index in [1.165, 1.54) is 0 Å². The molecule has 0 saturated heterocycles. The molecule has 3 rings (SSSR count). The first-order chi connectivity index (χ1) is 12.0. The summed E-state index contributed by atoms with van der Waals surface area (Å²) in [5.41, 5.74) is -0.0853. The number of amides is 1. The van der Waals surface area contributed by atoms with Crippen molar-refractivity contribution in [1.29, 1.82) is 0 Å². The molecule has 0 spiro atoms. The number of hydrazone groups is 1. The van der Waals surface area contributed by atoms with Crippen molar-refractivity contribution in [3.05, 3.63) is 64.6 Å². The van der Waals surface area contributed by atoms with Crippen LogP contribution in [0.15, 0.2) is 64.2 Å². The Morgan fingerprint density at radius 3 is 2.56 bits per heavy atom. The van der Waals surface area contributed by atoms with Crippen LogP contribution >= 0.6 is 15.9 Å². The molecule has 2 aromatic rings. The van der Waals surface area contributed by atoms with Crippen molar-refractivity contribution < 1.29 is 14.6 Å². The van der Waals surface area contributed by atoms with Gasteiger partial charge in [0.25, 0.3) is 5.91 Å². The van der Waals surface area contributed by atoms with Crippen molar-refractivity contribution >= 4 is 27.5 Å². The Morgan fingerprint density at radius 1 is 1.24 bits per heavy atom. The number of para-hydroxylation sites is 1. The van der Waals surface area contributed by atoms with Crippen LogP contribution in [0.5, 0.6) is 5.75 Å². The Balaban J connectivity index is 1.81. The largest absolute Gasteiger partial charge is 0.484 e. The van der Waals surface area contributed by atoms with E-state index in [4.69, 9.17) is 4.74 Å². The molecule has 1 N–H and O–H groups in total. The van der Waals surface area contributed by atoms with E-state index in [-0.39, 0.29) is 6.61 Å². The zero-order valence-electron chi connectivity index (χ0n) is 13.9. The molecule has 1 aliphatic rings. The summed E-state index contributed by atoms with van der Waals surface area (Å²) in [5, 5.41) is 16.7. The topological polar surface area (TPSA) is 62.1 Å². The van der Waals surface area contributed by atoms with Gasteiger partial charge in [-0.05, 0) is 30.7 Å². The number of rotatable bonds is 5. The third-order valence-corrected chi connectivity index (χ3v) is 4.63. The van der Waals surface area contributed by atoms with Gasteiger partial charge in [-0.15, -0.1) is 0 Å². The molecule has 5 nitrogen and oxygen atoms in total. The Hall–Kier alpha value is -2.18. The highest BCUT2D eigenvalue weighted by Gasteiger charge is 2.45. The minimum Gasteiger partial charge on any atom is -0.484 e. The van der Waals surface area contributed by atoms with Gasteiger partial charge in [0, 0.05) is 22.2 Å². The van der Waals surface area contributed by atoms with E-state index in [0.717, 1.165) is 15.2 Å². The predicted octanol–water partition coefficient (Wildman–Crippen LogP) is 3.67. The third-order valence-electron chi connectivity index (χ3n) is 4.10. The zero-order chi connectivity index (χ0) is 17.9. The summed E-state index contributed by atoms with van der Waals surface area (Å²) in [5.74, 6) is 0.208. The molecular weight excluding hydrogens is 384 g/mol. The van der Waals surface area contributed by atoms with Gasteiger partial charge in [0.2, 0.25) is 0 Å². The van der Waals surface area contributed by atoms with Crippen LogP contribution < -0.4 is 4.74 Å². The van der Waals surface area contributed by atoms with Crippen LogP contribution in [0.3, 0.4) is 0 Å². The number of hydrogen-bond acceptors (Lipinski definition) is 4. The Morgan fingerprint density at radius 2 is 1.92 bits per heavy atom. The summed E-state index contributed by atoms with van der Waals surface area (Å²) in [7, 11) is 0. The third kappa shape index (κ3) is 3.75. The number of nitrogens with zero attached hydrogens (tertiary/aromatic N) is 2. The number of carbonyl (C=O) groups excluding carboxylic acids is 1. The number of hydrogen-bond donors (Lipinski definition) is 1. The van der Waals surface area contributed by atoms with Crippen LogP contribution in [-0.2, 0) is 10.5 Å². The van der Waals surface area contributed by atoms with Crippen molar-refractivity contribution in [3.8, 4) is 5.75 Å². The smallest absolute Gasteiger partial charge is 0.283 e. The van der Waals surface area contributed by atoms with Gasteiger partial charge >= 0.3 is 0 Å². The Labute approximate surface area is 155 Å². The second kappa shape index (κ2) is 7.37. The lowest BCUT2D eigenvalue weighted by Crippen LogP contribution is -2.45. The van der Waals surface area contributed by atoms with E-state index < -0.39 is 11.6 Å². The van der Waals surface area contributed by atoms with Crippen molar-refractivity contribution in [2.45, 2.75) is 25.5 Å². The highest BCUT2D eigenvalue weighted by molar-refractivity contribution is 9.10. The van der Waals surface area contributed by atoms with Gasteiger partial charge in [0.1, 0.15) is 5.75 Å². The van der Waals surface area contributed by atoms with Crippen molar-refractivity contribution in [2.75, 3.05) is 6.61 Å². The highest BCUT2D eigenvalue weighted by Crippen LogP contribution is 2.36. The standard InChI is InChI=1S/C19H19BrN2O3/c1-2-16-12-19(24,14-8-10-15(20)11-9-14)22(21-16)18(23)13-25-17-6-4-3-5-7-17/h3-11,24H,2,12-13H2,1H3/t19-/m0/s1. The van der Waals surface area contributed by atoms with Crippen LogP contribution in [0.1, 0.15) is 25.3 Å². The van der Waals surface area contributed by atoms with E-state index in [0.29, 0.717) is 24.2 Å². The predicted molar refractivity (Wildman–Crippen MR) is 99.2 cm³/mol. The minimum atomic E-state index is -1.48. The molecule has 1 atom stereocenters. The molecule has 1 aliphatic heterocycles. The lowest BCUT2D eigenvalue weighted by Gasteiger charge is -2.31. The number of carbonyl (C=O) groups is 1. The SMILES string of the molecule is CCC1=NN(C(=O)COc2ccccc2)[C@@](O)(c2ccc(Br)cc2)C1. The number of aliphatic hydroxyl groups is 1. The lowest BCUT2D eigenvalue weighted by molar-refractivity contribution is -0.159. The van der Waals surface area contributed by atoms with Crippen LogP contribution in [0.2, 0.25) is 0 Å². The van der Waals surface area contributed by atoms with E-state index in [1.807, 2.05) is 37.3 Å². The molecule has 1 heterocycles. The van der Waals surface area contributed by atoms with Crippen LogP contribution in [0.25, 0.3) is 0 Å². The van der Waals surface area contributed by atoms with E-state index in [2.05, 4.69) is 21.0 Å². The van der Waals surface area contributed by atoms with Crippen molar-refractivity contribution in [3.63, 3.8) is 0 Å². The fourth-order valence-electron chi connectivity index (χ4n) is 2.74.